The molecule has 4 rings (SSSR count). The second-order valence-corrected chi connectivity index (χ2v) is 9.70. The van der Waals surface area contributed by atoms with Crippen LogP contribution in [0.25, 0.3) is 0 Å². The number of carbonyl (C=O) groups is 3. The van der Waals surface area contributed by atoms with Crippen molar-refractivity contribution >= 4 is 44.8 Å². The molecule has 0 bridgehead atoms. The number of ether oxygens (including phenoxy) is 1. The van der Waals surface area contributed by atoms with Gasteiger partial charge in [0.05, 0.1) is 29.3 Å². The van der Waals surface area contributed by atoms with Crippen LogP contribution in [0, 0.1) is 0 Å². The largest absolute Gasteiger partial charge is 0.497 e. The van der Waals surface area contributed by atoms with Gasteiger partial charge in [0.25, 0.3) is 0 Å². The van der Waals surface area contributed by atoms with Crippen LogP contribution in [0.3, 0.4) is 0 Å². The molecule has 1 heterocycles. The van der Waals surface area contributed by atoms with Crippen molar-refractivity contribution in [3.63, 3.8) is 0 Å². The van der Waals surface area contributed by atoms with E-state index in [9.17, 15) is 22.8 Å². The van der Waals surface area contributed by atoms with Crippen LogP contribution in [0.5, 0.6) is 5.75 Å². The highest BCUT2D eigenvalue weighted by molar-refractivity contribution is 7.89. The van der Waals surface area contributed by atoms with Gasteiger partial charge in [-0.2, -0.15) is 4.31 Å². The van der Waals surface area contributed by atoms with Gasteiger partial charge in [-0.15, -0.1) is 0 Å². The van der Waals surface area contributed by atoms with Crippen molar-refractivity contribution in [3.8, 4) is 5.75 Å². The molecule has 3 aromatic rings. The first-order valence-corrected chi connectivity index (χ1v) is 11.9. The minimum absolute atomic E-state index is 0.0730. The lowest BCUT2D eigenvalue weighted by Gasteiger charge is -2.33. The van der Waals surface area contributed by atoms with Crippen LogP contribution < -0.4 is 10.1 Å². The Kier molecular flexibility index (Phi) is 6.52. The number of halogens is 1. The quantitative estimate of drug-likeness (QED) is 0.412. The molecule has 1 aliphatic heterocycles. The van der Waals surface area contributed by atoms with Crippen molar-refractivity contribution in [1.29, 1.82) is 0 Å². The Labute approximate surface area is 201 Å². The molecule has 1 aliphatic rings. The first-order chi connectivity index (χ1) is 16.2. The van der Waals surface area contributed by atoms with Crippen LogP contribution in [0.1, 0.15) is 20.7 Å². The van der Waals surface area contributed by atoms with Gasteiger partial charge in [-0.1, -0.05) is 48.0 Å². The van der Waals surface area contributed by atoms with Crippen LogP contribution in [-0.2, 0) is 14.8 Å². The molecule has 0 saturated carbocycles. The van der Waals surface area contributed by atoms with Crippen LogP contribution >= 0.6 is 11.6 Å². The van der Waals surface area contributed by atoms with E-state index in [1.54, 1.807) is 36.4 Å². The summed E-state index contributed by atoms with van der Waals surface area (Å²) in [6.07, 6.45) is 0. The number of ketones is 2. The Morgan fingerprint density at radius 2 is 1.74 bits per heavy atom. The third-order valence-electron chi connectivity index (χ3n) is 5.33. The Bertz CT molecular complexity index is 1410. The zero-order chi connectivity index (χ0) is 24.5. The number of hydrogen-bond acceptors (Lipinski definition) is 6. The number of amides is 1. The summed E-state index contributed by atoms with van der Waals surface area (Å²) >= 11 is 6.08. The average Bonchev–Trinajstić information content (AvgIpc) is 2.84. The first kappa shape index (κ1) is 23.6. The van der Waals surface area contributed by atoms with Gasteiger partial charge in [0.1, 0.15) is 5.75 Å². The number of methoxy groups -OCH3 is 1. The van der Waals surface area contributed by atoms with Gasteiger partial charge < -0.3 is 10.1 Å². The first-order valence-electron chi connectivity index (χ1n) is 10.1. The van der Waals surface area contributed by atoms with Crippen LogP contribution in [0.2, 0.25) is 5.02 Å². The zero-order valence-electron chi connectivity index (χ0n) is 17.9. The highest BCUT2D eigenvalue weighted by Gasteiger charge is 2.48. The van der Waals surface area contributed by atoms with Crippen molar-refractivity contribution in [2.75, 3.05) is 19.0 Å². The van der Waals surface area contributed by atoms with Gasteiger partial charge in [-0.05, 0) is 36.4 Å². The third kappa shape index (κ3) is 4.33. The Morgan fingerprint density at radius 1 is 1.03 bits per heavy atom. The van der Waals surface area contributed by atoms with Crippen LogP contribution in [0.15, 0.2) is 77.7 Å². The number of nitrogens with one attached hydrogen (secondary N) is 1. The molecule has 1 atom stereocenters. The molecule has 0 aliphatic carbocycles. The van der Waals surface area contributed by atoms with Crippen molar-refractivity contribution in [2.24, 2.45) is 0 Å². The molecule has 0 radical (unpaired) electrons. The van der Waals surface area contributed by atoms with Crippen molar-refractivity contribution in [2.45, 2.75) is 10.9 Å². The van der Waals surface area contributed by atoms with E-state index in [0.717, 1.165) is 0 Å². The van der Waals surface area contributed by atoms with Crippen molar-refractivity contribution in [3.05, 3.63) is 88.9 Å². The monoisotopic (exact) mass is 498 g/mol. The van der Waals surface area contributed by atoms with E-state index in [1.807, 2.05) is 0 Å². The summed E-state index contributed by atoms with van der Waals surface area (Å²) in [5, 5.41) is 2.78. The Balaban J connectivity index is 1.76. The van der Waals surface area contributed by atoms with Crippen LogP contribution in [-0.4, -0.2) is 49.9 Å². The number of anilines is 1. The summed E-state index contributed by atoms with van der Waals surface area (Å²) < 4.78 is 32.7. The molecule has 0 saturated heterocycles. The minimum Gasteiger partial charge on any atom is -0.497 e. The fourth-order valence-corrected chi connectivity index (χ4v) is 5.58. The number of para-hydroxylation sites is 1. The van der Waals surface area contributed by atoms with E-state index in [0.29, 0.717) is 10.1 Å². The molecule has 8 nitrogen and oxygen atoms in total. The van der Waals surface area contributed by atoms with E-state index in [-0.39, 0.29) is 26.7 Å². The lowest BCUT2D eigenvalue weighted by molar-refractivity contribution is -0.116. The number of fused-ring (bicyclic) bond motifs is 1. The average molecular weight is 499 g/mol. The second-order valence-electron chi connectivity index (χ2n) is 7.44. The summed E-state index contributed by atoms with van der Waals surface area (Å²) in [7, 11) is -2.95. The smallest absolute Gasteiger partial charge is 0.245 e. The van der Waals surface area contributed by atoms with Crippen LogP contribution in [0.4, 0.5) is 5.69 Å². The number of hydrogen-bond donors (Lipinski definition) is 1. The molecule has 1 unspecified atom stereocenters. The summed E-state index contributed by atoms with van der Waals surface area (Å²) in [5.74, 6) is -1.89. The molecule has 174 valence electrons. The van der Waals surface area contributed by atoms with Gasteiger partial charge in [0.2, 0.25) is 15.9 Å². The predicted octanol–water partition coefficient (Wildman–Crippen LogP) is 3.43. The Morgan fingerprint density at radius 3 is 2.47 bits per heavy atom. The summed E-state index contributed by atoms with van der Waals surface area (Å²) in [5.41, 5.74) is 0.237. The number of nitrogens with zero attached hydrogens (tertiary/aromatic N) is 1. The zero-order valence-corrected chi connectivity index (χ0v) is 19.5. The normalized spacial score (nSPS) is 17.0. The number of carbonyl (C=O) groups excluding carboxylic acids is 3. The van der Waals surface area contributed by atoms with E-state index in [1.165, 1.54) is 43.5 Å². The van der Waals surface area contributed by atoms with Gasteiger partial charge in [-0.3, -0.25) is 14.4 Å². The maximum atomic E-state index is 13.5. The van der Waals surface area contributed by atoms with Crippen molar-refractivity contribution < 1.29 is 27.5 Å². The topological polar surface area (TPSA) is 110 Å². The molecule has 1 amide bonds. The van der Waals surface area contributed by atoms with E-state index < -0.39 is 40.1 Å². The van der Waals surface area contributed by atoms with Gasteiger partial charge in [0.15, 0.2) is 17.6 Å². The number of rotatable bonds is 6. The number of Topliss-reactive ketones (excluding diaryl/α,β-unsaturated/α-hetero) is 2. The maximum absolute atomic E-state index is 13.5. The predicted molar refractivity (Wildman–Crippen MR) is 126 cm³/mol. The number of sulfonamides is 1. The van der Waals surface area contributed by atoms with Gasteiger partial charge >= 0.3 is 0 Å². The van der Waals surface area contributed by atoms with E-state index in [2.05, 4.69) is 5.32 Å². The maximum Gasteiger partial charge on any atom is 0.245 e. The van der Waals surface area contributed by atoms with E-state index >= 15 is 0 Å². The molecular formula is C24H19ClN2O6S. The molecular weight excluding hydrogens is 480 g/mol. The molecule has 1 N–H and O–H groups in total. The lowest BCUT2D eigenvalue weighted by atomic mass is 9.95. The molecule has 10 heteroatoms. The highest BCUT2D eigenvalue weighted by Crippen LogP contribution is 2.32. The molecule has 34 heavy (non-hydrogen) atoms. The summed E-state index contributed by atoms with van der Waals surface area (Å²) in [6, 6.07) is 16.3. The SMILES string of the molecule is COc1cccc(C(=O)C2C(=O)c3ccccc3S(=O)(=O)N2CC(=O)Nc2ccccc2Cl)c1. The Hall–Kier alpha value is -3.53. The summed E-state index contributed by atoms with van der Waals surface area (Å²) in [4.78, 5) is 39.4. The second kappa shape index (κ2) is 9.38. The fraction of sp³-hybridized carbons (Fsp3) is 0.125. The fourth-order valence-electron chi connectivity index (χ4n) is 3.69. The molecule has 3 aromatic carbocycles. The summed E-state index contributed by atoms with van der Waals surface area (Å²) in [6.45, 7) is -0.770. The number of benzene rings is 3. The van der Waals surface area contributed by atoms with Gasteiger partial charge in [0, 0.05) is 11.1 Å². The standard InChI is InChI=1S/C24H19ClN2O6S/c1-33-16-8-6-7-15(13-16)23(29)22-24(30)17-9-2-5-12-20(17)34(31,32)27(22)14-21(28)26-19-11-4-3-10-18(19)25/h2-13,22H,14H2,1H3,(H,26,28). The van der Waals surface area contributed by atoms with Crippen molar-refractivity contribution in [1.82, 2.24) is 4.31 Å². The van der Waals surface area contributed by atoms with E-state index in [4.69, 9.17) is 16.3 Å². The minimum atomic E-state index is -4.36. The third-order valence-corrected chi connectivity index (χ3v) is 7.52. The highest BCUT2D eigenvalue weighted by atomic mass is 35.5. The molecule has 0 aromatic heterocycles. The molecule has 0 fully saturated rings. The van der Waals surface area contributed by atoms with Gasteiger partial charge in [-0.25, -0.2) is 8.42 Å². The lowest BCUT2D eigenvalue weighted by Crippen LogP contribution is -2.55. The molecule has 0 spiro atoms.